The molecule has 10 nitrogen and oxygen atoms in total. The minimum absolute atomic E-state index is 0.0329. The molecule has 0 unspecified atom stereocenters. The number of nitrogens with one attached hydrogen (secondary N) is 1. The summed E-state index contributed by atoms with van der Waals surface area (Å²) in [6, 6.07) is 13.8. The lowest BCUT2D eigenvalue weighted by atomic mass is 9.86. The smallest absolute Gasteiger partial charge is 0.407 e. The van der Waals surface area contributed by atoms with Crippen LogP contribution in [0.4, 0.5) is 15.3 Å². The Kier molecular flexibility index (Phi) is 10.3. The number of rotatable bonds is 8. The van der Waals surface area contributed by atoms with Gasteiger partial charge in [0, 0.05) is 71.5 Å². The second kappa shape index (κ2) is 13.9. The van der Waals surface area contributed by atoms with Crippen molar-refractivity contribution in [2.24, 2.45) is 5.92 Å². The van der Waals surface area contributed by atoms with Crippen LogP contribution in [0.15, 0.2) is 42.5 Å². The molecule has 10 heteroatoms. The maximum atomic E-state index is 13.4. The second-order valence-corrected chi connectivity index (χ2v) is 11.9. The first-order valence-electron chi connectivity index (χ1n) is 14.8. The van der Waals surface area contributed by atoms with Crippen molar-refractivity contribution >= 4 is 23.7 Å². The first-order valence-corrected chi connectivity index (χ1v) is 14.8. The molecule has 0 aromatic heterocycles. The van der Waals surface area contributed by atoms with E-state index in [4.69, 9.17) is 4.74 Å². The van der Waals surface area contributed by atoms with Crippen LogP contribution in [0.2, 0.25) is 0 Å². The predicted octanol–water partition coefficient (Wildman–Crippen LogP) is 4.55. The first kappa shape index (κ1) is 31.2. The van der Waals surface area contributed by atoms with E-state index in [9.17, 15) is 19.5 Å². The molecule has 2 fully saturated rings. The minimum Gasteiger partial charge on any atom is -0.490 e. The third-order valence-electron chi connectivity index (χ3n) is 8.47. The highest BCUT2D eigenvalue weighted by molar-refractivity contribution is 5.94. The standard InChI is InChI=1S/C32H45N5O5/c1-22-17-27(12-9-26(22)21-36-15-16-37(32(40)41)23(2)20-36)35(5)30(38)25-10-13-28(14-11-25)42-29-8-6-7-24(18-29)19-33-31(39)34(3)4/h6-9,12,17-18,23,25,28H,10-11,13-16,19-21H2,1-5H3,(H,33,39)(H,40,41)/t23-,25?,28?/m0/s1. The van der Waals surface area contributed by atoms with Gasteiger partial charge in [-0.15, -0.1) is 0 Å². The van der Waals surface area contributed by atoms with Crippen molar-refractivity contribution in [1.29, 1.82) is 0 Å². The number of hydrogen-bond acceptors (Lipinski definition) is 5. The van der Waals surface area contributed by atoms with Crippen LogP contribution in [-0.4, -0.2) is 90.8 Å². The number of nitrogens with zero attached hydrogens (tertiary/aromatic N) is 4. The molecule has 4 amide bonds. The number of amides is 4. The Morgan fingerprint density at radius 1 is 1.02 bits per heavy atom. The summed E-state index contributed by atoms with van der Waals surface area (Å²) in [5.41, 5.74) is 4.19. The molecule has 1 heterocycles. The summed E-state index contributed by atoms with van der Waals surface area (Å²) in [5.74, 6) is 0.888. The van der Waals surface area contributed by atoms with Crippen LogP contribution in [0, 0.1) is 12.8 Å². The summed E-state index contributed by atoms with van der Waals surface area (Å²) in [4.78, 5) is 43.7. The molecule has 1 saturated carbocycles. The van der Waals surface area contributed by atoms with Gasteiger partial charge in [-0.2, -0.15) is 0 Å². The zero-order chi connectivity index (χ0) is 30.4. The fourth-order valence-corrected chi connectivity index (χ4v) is 5.85. The minimum atomic E-state index is -0.856. The van der Waals surface area contributed by atoms with Gasteiger partial charge in [-0.1, -0.05) is 18.2 Å². The van der Waals surface area contributed by atoms with Crippen molar-refractivity contribution in [3.63, 3.8) is 0 Å². The Labute approximate surface area is 249 Å². The number of carbonyl (C=O) groups is 3. The number of carbonyl (C=O) groups excluding carboxylic acids is 2. The average Bonchev–Trinajstić information content (AvgIpc) is 2.96. The Balaban J connectivity index is 1.26. The Bertz CT molecular complexity index is 1260. The third kappa shape index (κ3) is 7.94. The van der Waals surface area contributed by atoms with E-state index in [-0.39, 0.29) is 30.0 Å². The Hall–Kier alpha value is -3.79. The maximum absolute atomic E-state index is 13.4. The van der Waals surface area contributed by atoms with Gasteiger partial charge in [-0.3, -0.25) is 9.69 Å². The van der Waals surface area contributed by atoms with Gasteiger partial charge in [0.05, 0.1) is 6.10 Å². The van der Waals surface area contributed by atoms with Crippen molar-refractivity contribution < 1.29 is 24.2 Å². The number of hydrogen-bond donors (Lipinski definition) is 2. The molecule has 2 N–H and O–H groups in total. The summed E-state index contributed by atoms with van der Waals surface area (Å²) in [7, 11) is 5.27. The molecule has 1 atom stereocenters. The van der Waals surface area contributed by atoms with Gasteiger partial charge >= 0.3 is 12.1 Å². The number of aryl methyl sites for hydroxylation is 1. The highest BCUT2D eigenvalue weighted by atomic mass is 16.5. The van der Waals surface area contributed by atoms with Crippen molar-refractivity contribution in [2.75, 3.05) is 45.7 Å². The summed E-state index contributed by atoms with van der Waals surface area (Å²) in [6.45, 7) is 7.15. The van der Waals surface area contributed by atoms with Gasteiger partial charge in [0.25, 0.3) is 0 Å². The molecule has 0 bridgehead atoms. The number of carboxylic acid groups (broad SMARTS) is 1. The Morgan fingerprint density at radius 3 is 2.40 bits per heavy atom. The summed E-state index contributed by atoms with van der Waals surface area (Å²) in [5, 5.41) is 12.2. The van der Waals surface area contributed by atoms with Gasteiger partial charge < -0.3 is 29.9 Å². The lowest BCUT2D eigenvalue weighted by molar-refractivity contribution is -0.123. The maximum Gasteiger partial charge on any atom is 0.407 e. The quantitative estimate of drug-likeness (QED) is 0.476. The number of anilines is 1. The van der Waals surface area contributed by atoms with E-state index in [1.54, 1.807) is 19.0 Å². The number of ether oxygens (including phenoxy) is 1. The number of benzene rings is 2. The van der Waals surface area contributed by atoms with E-state index in [1.165, 1.54) is 15.4 Å². The molecule has 1 aliphatic carbocycles. The number of urea groups is 1. The van der Waals surface area contributed by atoms with Crippen molar-refractivity contribution in [3.8, 4) is 5.75 Å². The summed E-state index contributed by atoms with van der Waals surface area (Å²) in [6.07, 6.45) is 2.40. The zero-order valence-electron chi connectivity index (χ0n) is 25.5. The van der Waals surface area contributed by atoms with E-state index < -0.39 is 6.09 Å². The third-order valence-corrected chi connectivity index (χ3v) is 8.47. The largest absolute Gasteiger partial charge is 0.490 e. The number of piperazine rings is 1. The van der Waals surface area contributed by atoms with Crippen LogP contribution in [0.25, 0.3) is 0 Å². The highest BCUT2D eigenvalue weighted by Crippen LogP contribution is 2.31. The molecular formula is C32H45N5O5. The van der Waals surface area contributed by atoms with Crippen LogP contribution in [0.1, 0.15) is 49.3 Å². The van der Waals surface area contributed by atoms with Crippen LogP contribution < -0.4 is 15.0 Å². The molecular weight excluding hydrogens is 534 g/mol. The second-order valence-electron chi connectivity index (χ2n) is 11.9. The van der Waals surface area contributed by atoms with Crippen LogP contribution in [-0.2, 0) is 17.9 Å². The molecule has 228 valence electrons. The SMILES string of the molecule is Cc1cc(N(C)C(=O)C2CCC(Oc3cccc(CNC(=O)N(C)C)c3)CC2)ccc1CN1CCN(C(=O)O)[C@@H](C)C1. The van der Waals surface area contributed by atoms with Crippen LogP contribution >= 0.6 is 0 Å². The average molecular weight is 580 g/mol. The summed E-state index contributed by atoms with van der Waals surface area (Å²) < 4.78 is 6.26. The molecule has 1 saturated heterocycles. The molecule has 2 aliphatic rings. The molecule has 4 rings (SSSR count). The topological polar surface area (TPSA) is 106 Å². The fourth-order valence-electron chi connectivity index (χ4n) is 5.85. The van der Waals surface area contributed by atoms with E-state index in [0.29, 0.717) is 26.2 Å². The van der Waals surface area contributed by atoms with Crippen molar-refractivity contribution in [1.82, 2.24) is 20.0 Å². The lowest BCUT2D eigenvalue weighted by Crippen LogP contribution is -2.53. The molecule has 0 radical (unpaired) electrons. The van der Waals surface area contributed by atoms with Gasteiger partial charge in [-0.05, 0) is 80.5 Å². The molecule has 2 aromatic carbocycles. The van der Waals surface area contributed by atoms with Crippen LogP contribution in [0.3, 0.4) is 0 Å². The fraction of sp³-hybridized carbons (Fsp3) is 0.531. The van der Waals surface area contributed by atoms with Gasteiger partial charge in [0.15, 0.2) is 0 Å². The normalized spacial score (nSPS) is 21.0. The predicted molar refractivity (Wildman–Crippen MR) is 163 cm³/mol. The van der Waals surface area contributed by atoms with Gasteiger partial charge in [0.2, 0.25) is 5.91 Å². The van der Waals surface area contributed by atoms with Gasteiger partial charge in [0.1, 0.15) is 5.75 Å². The lowest BCUT2D eigenvalue weighted by Gasteiger charge is -2.38. The van der Waals surface area contributed by atoms with E-state index in [1.807, 2.05) is 44.3 Å². The van der Waals surface area contributed by atoms with Crippen molar-refractivity contribution in [3.05, 3.63) is 59.2 Å². The summed E-state index contributed by atoms with van der Waals surface area (Å²) >= 11 is 0. The molecule has 1 aliphatic heterocycles. The first-order chi connectivity index (χ1) is 20.0. The van der Waals surface area contributed by atoms with E-state index in [0.717, 1.165) is 54.8 Å². The molecule has 42 heavy (non-hydrogen) atoms. The van der Waals surface area contributed by atoms with Crippen molar-refractivity contribution in [2.45, 2.75) is 64.8 Å². The van der Waals surface area contributed by atoms with Gasteiger partial charge in [-0.25, -0.2) is 9.59 Å². The van der Waals surface area contributed by atoms with E-state index in [2.05, 4.69) is 29.3 Å². The van der Waals surface area contributed by atoms with E-state index >= 15 is 0 Å². The highest BCUT2D eigenvalue weighted by Gasteiger charge is 2.30. The molecule has 0 spiro atoms. The Morgan fingerprint density at radius 2 is 1.76 bits per heavy atom. The monoisotopic (exact) mass is 579 g/mol. The zero-order valence-corrected chi connectivity index (χ0v) is 25.5. The van der Waals surface area contributed by atoms with Crippen LogP contribution in [0.5, 0.6) is 5.75 Å². The molecule has 2 aromatic rings.